The highest BCUT2D eigenvalue weighted by Gasteiger charge is 2.30. The number of nitriles is 1. The Morgan fingerprint density at radius 1 is 1.21 bits per heavy atom. The molecule has 0 aliphatic rings. The molecule has 2 atom stereocenters. The molecule has 1 unspecified atom stereocenters. The Morgan fingerprint density at radius 3 is 2.17 bits per heavy atom. The van der Waals surface area contributed by atoms with Gasteiger partial charge in [0.05, 0.1) is 13.1 Å². The molecule has 1 aromatic carbocycles. The van der Waals surface area contributed by atoms with Crippen LogP contribution in [-0.2, 0) is 16.8 Å². The summed E-state index contributed by atoms with van der Waals surface area (Å²) >= 11 is 0. The van der Waals surface area contributed by atoms with Gasteiger partial charge in [0.25, 0.3) is 5.91 Å². The molecule has 0 heterocycles. The first-order valence-corrected chi connectivity index (χ1v) is 8.61. The van der Waals surface area contributed by atoms with E-state index in [2.05, 4.69) is 56.4 Å². The first-order chi connectivity index (χ1) is 11.0. The van der Waals surface area contributed by atoms with Crippen LogP contribution in [0.3, 0.4) is 0 Å². The van der Waals surface area contributed by atoms with Gasteiger partial charge in [-0.25, -0.2) is 0 Å². The zero-order valence-electron chi connectivity index (χ0n) is 16.2. The van der Waals surface area contributed by atoms with Crippen molar-refractivity contribution in [3.8, 4) is 6.07 Å². The van der Waals surface area contributed by atoms with Crippen molar-refractivity contribution in [2.45, 2.75) is 59.0 Å². The second kappa shape index (κ2) is 7.81. The highest BCUT2D eigenvalue weighted by atomic mass is 16.2. The molecule has 2 N–H and O–H groups in total. The standard InChI is InChI=1S/C20H31N3O/c1-15(2)20(6,14-21)22-18(24)13-23(7)12-16-8-10-17(11-9-16)19(3,4)5/h8-11,15H,12-13H2,1-7H3,(H,22,24)/p+1/t20-/m0/s1. The van der Waals surface area contributed by atoms with E-state index in [0.29, 0.717) is 6.54 Å². The highest BCUT2D eigenvalue weighted by Crippen LogP contribution is 2.21. The van der Waals surface area contributed by atoms with E-state index in [0.717, 1.165) is 11.4 Å². The summed E-state index contributed by atoms with van der Waals surface area (Å²) in [6.07, 6.45) is 0. The third-order valence-electron chi connectivity index (χ3n) is 4.57. The topological polar surface area (TPSA) is 57.3 Å². The number of carbonyl (C=O) groups excluding carboxylic acids is 1. The van der Waals surface area contributed by atoms with E-state index in [-0.39, 0.29) is 17.2 Å². The van der Waals surface area contributed by atoms with E-state index in [9.17, 15) is 10.1 Å². The maximum atomic E-state index is 12.2. The van der Waals surface area contributed by atoms with Gasteiger partial charge in [-0.05, 0) is 23.8 Å². The third kappa shape index (κ3) is 5.65. The van der Waals surface area contributed by atoms with Crippen molar-refractivity contribution in [1.82, 2.24) is 5.32 Å². The summed E-state index contributed by atoms with van der Waals surface area (Å²) < 4.78 is 0. The van der Waals surface area contributed by atoms with Crippen LogP contribution in [0, 0.1) is 17.2 Å². The van der Waals surface area contributed by atoms with Gasteiger partial charge >= 0.3 is 0 Å². The summed E-state index contributed by atoms with van der Waals surface area (Å²) in [5.41, 5.74) is 1.85. The van der Waals surface area contributed by atoms with Gasteiger partial charge in [0.1, 0.15) is 12.1 Å². The molecule has 0 saturated heterocycles. The fourth-order valence-corrected chi connectivity index (χ4v) is 2.44. The molecule has 0 radical (unpaired) electrons. The third-order valence-corrected chi connectivity index (χ3v) is 4.57. The number of amides is 1. The van der Waals surface area contributed by atoms with Gasteiger partial charge in [0.2, 0.25) is 0 Å². The molecule has 0 aromatic heterocycles. The van der Waals surface area contributed by atoms with E-state index >= 15 is 0 Å². The number of hydrogen-bond donors (Lipinski definition) is 2. The van der Waals surface area contributed by atoms with Gasteiger partial charge in [-0.2, -0.15) is 5.26 Å². The maximum absolute atomic E-state index is 12.2. The fourth-order valence-electron chi connectivity index (χ4n) is 2.44. The Labute approximate surface area is 146 Å². The lowest BCUT2D eigenvalue weighted by Crippen LogP contribution is -3.09. The van der Waals surface area contributed by atoms with Gasteiger partial charge in [0, 0.05) is 5.56 Å². The van der Waals surface area contributed by atoms with E-state index in [1.165, 1.54) is 11.1 Å². The van der Waals surface area contributed by atoms with Gasteiger partial charge in [-0.15, -0.1) is 0 Å². The fraction of sp³-hybridized carbons (Fsp3) is 0.600. The van der Waals surface area contributed by atoms with Crippen molar-refractivity contribution in [3.05, 3.63) is 35.4 Å². The Balaban J connectivity index is 2.62. The molecule has 24 heavy (non-hydrogen) atoms. The van der Waals surface area contributed by atoms with Crippen molar-refractivity contribution in [2.75, 3.05) is 13.6 Å². The van der Waals surface area contributed by atoms with Crippen molar-refractivity contribution in [1.29, 1.82) is 5.26 Å². The zero-order valence-corrected chi connectivity index (χ0v) is 16.2. The van der Waals surface area contributed by atoms with Crippen LogP contribution in [0.2, 0.25) is 0 Å². The van der Waals surface area contributed by atoms with Crippen molar-refractivity contribution in [2.24, 2.45) is 5.92 Å². The van der Waals surface area contributed by atoms with E-state index in [1.54, 1.807) is 6.92 Å². The minimum Gasteiger partial charge on any atom is -0.333 e. The van der Waals surface area contributed by atoms with Crippen LogP contribution in [0.25, 0.3) is 0 Å². The van der Waals surface area contributed by atoms with Crippen molar-refractivity contribution >= 4 is 5.91 Å². The predicted molar refractivity (Wildman–Crippen MR) is 97.6 cm³/mol. The number of carbonyl (C=O) groups is 1. The molecule has 4 nitrogen and oxygen atoms in total. The molecule has 1 amide bonds. The molecule has 4 heteroatoms. The molecule has 0 fully saturated rings. The van der Waals surface area contributed by atoms with Crippen LogP contribution in [0.15, 0.2) is 24.3 Å². The summed E-state index contributed by atoms with van der Waals surface area (Å²) in [5.74, 6) is -0.0201. The predicted octanol–water partition coefficient (Wildman–Crippen LogP) is 2.05. The summed E-state index contributed by atoms with van der Waals surface area (Å²) in [6.45, 7) is 13.4. The molecule has 132 valence electrons. The first-order valence-electron chi connectivity index (χ1n) is 8.61. The summed E-state index contributed by atoms with van der Waals surface area (Å²) in [7, 11) is 2.00. The molecule has 1 rings (SSSR count). The molecule has 0 bridgehead atoms. The number of likely N-dealkylation sites (N-methyl/N-ethyl adjacent to an activating group) is 1. The van der Waals surface area contributed by atoms with Crippen molar-refractivity contribution < 1.29 is 9.69 Å². The first kappa shape index (κ1) is 20.2. The monoisotopic (exact) mass is 330 g/mol. The average Bonchev–Trinajstić information content (AvgIpc) is 2.46. The zero-order chi connectivity index (χ0) is 18.5. The number of rotatable bonds is 6. The van der Waals surface area contributed by atoms with Crippen LogP contribution in [0.5, 0.6) is 0 Å². The lowest BCUT2D eigenvalue weighted by atomic mass is 9.87. The Hall–Kier alpha value is -1.86. The van der Waals surface area contributed by atoms with Crippen LogP contribution in [0.1, 0.15) is 52.7 Å². The van der Waals surface area contributed by atoms with Gasteiger partial charge in [-0.1, -0.05) is 58.9 Å². The SMILES string of the molecule is CC(C)[C@](C)(C#N)NC(=O)C[NH+](C)Cc1ccc(C(C)(C)C)cc1. The second-order valence-electron chi connectivity index (χ2n) is 8.27. The van der Waals surface area contributed by atoms with Gasteiger partial charge in [-0.3, -0.25) is 4.79 Å². The maximum Gasteiger partial charge on any atom is 0.276 e. The Kier molecular flexibility index (Phi) is 6.57. The molecule has 0 aliphatic carbocycles. The number of benzene rings is 1. The highest BCUT2D eigenvalue weighted by molar-refractivity contribution is 5.78. The van der Waals surface area contributed by atoms with E-state index in [4.69, 9.17) is 0 Å². The summed E-state index contributed by atoms with van der Waals surface area (Å²) in [5, 5.41) is 12.2. The van der Waals surface area contributed by atoms with E-state index < -0.39 is 5.54 Å². The molecular formula is C20H32N3O+. The summed E-state index contributed by atoms with van der Waals surface area (Å²) in [4.78, 5) is 13.3. The normalized spacial score (nSPS) is 15.5. The number of nitrogens with one attached hydrogen (secondary N) is 2. The minimum absolute atomic E-state index is 0.0664. The van der Waals surface area contributed by atoms with Crippen LogP contribution >= 0.6 is 0 Å². The summed E-state index contributed by atoms with van der Waals surface area (Å²) in [6, 6.07) is 10.8. The molecule has 1 aromatic rings. The van der Waals surface area contributed by atoms with Crippen LogP contribution < -0.4 is 10.2 Å². The van der Waals surface area contributed by atoms with Crippen molar-refractivity contribution in [3.63, 3.8) is 0 Å². The van der Waals surface area contributed by atoms with Crippen LogP contribution in [0.4, 0.5) is 0 Å². The smallest absolute Gasteiger partial charge is 0.276 e. The second-order valence-corrected chi connectivity index (χ2v) is 8.27. The molecule has 0 saturated carbocycles. The Bertz CT molecular complexity index is 593. The van der Waals surface area contributed by atoms with E-state index in [1.807, 2.05) is 20.9 Å². The largest absolute Gasteiger partial charge is 0.333 e. The minimum atomic E-state index is -0.814. The molecular weight excluding hydrogens is 298 g/mol. The average molecular weight is 330 g/mol. The lowest BCUT2D eigenvalue weighted by Gasteiger charge is -2.27. The molecule has 0 spiro atoms. The lowest BCUT2D eigenvalue weighted by molar-refractivity contribution is -0.885. The number of quaternary nitrogens is 1. The Morgan fingerprint density at radius 2 is 1.75 bits per heavy atom. The van der Waals surface area contributed by atoms with Gasteiger partial charge < -0.3 is 10.2 Å². The van der Waals surface area contributed by atoms with Gasteiger partial charge in [0.15, 0.2) is 6.54 Å². The number of hydrogen-bond acceptors (Lipinski definition) is 2. The quantitative estimate of drug-likeness (QED) is 0.839. The van der Waals surface area contributed by atoms with Crippen LogP contribution in [-0.4, -0.2) is 25.0 Å². The number of nitrogens with zero attached hydrogens (tertiary/aromatic N) is 1. The molecule has 0 aliphatic heterocycles.